The Labute approximate surface area is 180 Å². The van der Waals surface area contributed by atoms with E-state index in [4.69, 9.17) is 30.9 Å². The monoisotopic (exact) mass is 433 g/mol. The Balaban J connectivity index is 1.44. The number of amides is 1. The van der Waals surface area contributed by atoms with Gasteiger partial charge in [0, 0.05) is 24.6 Å². The van der Waals surface area contributed by atoms with Crippen LogP contribution in [0.2, 0.25) is 5.02 Å². The molecule has 30 heavy (non-hydrogen) atoms. The molecule has 1 heterocycles. The molecule has 3 rings (SSSR count). The molecule has 0 fully saturated rings. The molecule has 1 aliphatic heterocycles. The van der Waals surface area contributed by atoms with E-state index in [-0.39, 0.29) is 12.6 Å². The second-order valence-corrected chi connectivity index (χ2v) is 7.25. The fourth-order valence-electron chi connectivity index (χ4n) is 3.13. The van der Waals surface area contributed by atoms with E-state index in [1.54, 1.807) is 42.2 Å². The van der Waals surface area contributed by atoms with Crippen molar-refractivity contribution in [1.29, 1.82) is 0 Å². The first-order valence-corrected chi connectivity index (χ1v) is 10.1. The number of benzene rings is 2. The van der Waals surface area contributed by atoms with Crippen LogP contribution < -0.4 is 9.47 Å². The predicted molar refractivity (Wildman–Crippen MR) is 111 cm³/mol. The second-order valence-electron chi connectivity index (χ2n) is 6.81. The summed E-state index contributed by atoms with van der Waals surface area (Å²) < 4.78 is 16.6. The van der Waals surface area contributed by atoms with Crippen LogP contribution in [-0.2, 0) is 16.0 Å². The average molecular weight is 434 g/mol. The molecule has 0 bridgehead atoms. The highest BCUT2D eigenvalue weighted by Crippen LogP contribution is 2.28. The van der Waals surface area contributed by atoms with Crippen LogP contribution in [0.3, 0.4) is 0 Å². The van der Waals surface area contributed by atoms with E-state index in [1.165, 1.54) is 0 Å². The van der Waals surface area contributed by atoms with Gasteiger partial charge in [0.2, 0.25) is 0 Å². The van der Waals surface area contributed by atoms with E-state index in [0.29, 0.717) is 54.7 Å². The number of carbonyl (C=O) groups excluding carboxylic acids is 1. The molecule has 0 aliphatic carbocycles. The van der Waals surface area contributed by atoms with Gasteiger partial charge in [0.05, 0.1) is 12.2 Å². The Morgan fingerprint density at radius 3 is 2.73 bits per heavy atom. The standard InChI is InChI=1S/C22H24ClNO6/c1-2-28-20(22(26)27)12-15-4-7-17(8-5-15)29-11-3-10-24-14-30-19-13-16(23)6-9-18(19)21(24)25/h4-9,13,20H,2-3,10-12,14H2,1H3,(H,26,27). The summed E-state index contributed by atoms with van der Waals surface area (Å²) in [5.41, 5.74) is 1.37. The number of carbonyl (C=O) groups is 2. The van der Waals surface area contributed by atoms with Gasteiger partial charge < -0.3 is 24.2 Å². The Bertz CT molecular complexity index is 886. The summed E-state index contributed by atoms with van der Waals surface area (Å²) in [6.07, 6.45) is 0.0884. The molecule has 1 unspecified atom stereocenters. The number of hydrogen-bond donors (Lipinski definition) is 1. The third-order valence-corrected chi connectivity index (χ3v) is 4.90. The normalized spacial score (nSPS) is 14.1. The Morgan fingerprint density at radius 1 is 1.27 bits per heavy atom. The highest BCUT2D eigenvalue weighted by atomic mass is 35.5. The van der Waals surface area contributed by atoms with E-state index in [1.807, 2.05) is 12.1 Å². The molecule has 0 saturated heterocycles. The van der Waals surface area contributed by atoms with Crippen LogP contribution in [0.5, 0.6) is 11.5 Å². The maximum Gasteiger partial charge on any atom is 0.333 e. The van der Waals surface area contributed by atoms with Gasteiger partial charge in [-0.25, -0.2) is 4.79 Å². The zero-order valence-electron chi connectivity index (χ0n) is 16.7. The van der Waals surface area contributed by atoms with Crippen molar-refractivity contribution in [2.75, 3.05) is 26.5 Å². The van der Waals surface area contributed by atoms with Gasteiger partial charge >= 0.3 is 5.97 Å². The lowest BCUT2D eigenvalue weighted by Crippen LogP contribution is -2.39. The molecule has 2 aromatic rings. The van der Waals surface area contributed by atoms with Gasteiger partial charge in [0.25, 0.3) is 5.91 Å². The van der Waals surface area contributed by atoms with E-state index in [0.717, 1.165) is 5.56 Å². The zero-order valence-corrected chi connectivity index (χ0v) is 17.4. The minimum Gasteiger partial charge on any atom is -0.494 e. The van der Waals surface area contributed by atoms with Crippen LogP contribution in [0.15, 0.2) is 42.5 Å². The molecule has 0 saturated carbocycles. The molecule has 0 spiro atoms. The Kier molecular flexibility index (Phi) is 7.54. The SMILES string of the molecule is CCOC(Cc1ccc(OCCCN2COc3cc(Cl)ccc3C2=O)cc1)C(=O)O. The molecule has 1 amide bonds. The minimum atomic E-state index is -0.973. The topological polar surface area (TPSA) is 85.3 Å². The molecule has 7 nitrogen and oxygen atoms in total. The minimum absolute atomic E-state index is 0.0837. The molecule has 1 N–H and O–H groups in total. The molecule has 8 heteroatoms. The van der Waals surface area contributed by atoms with Crippen LogP contribution in [0, 0.1) is 0 Å². The summed E-state index contributed by atoms with van der Waals surface area (Å²) in [7, 11) is 0. The number of rotatable bonds is 10. The number of nitrogens with zero attached hydrogens (tertiary/aromatic N) is 1. The number of aliphatic carboxylic acids is 1. The van der Waals surface area contributed by atoms with Crippen molar-refractivity contribution in [1.82, 2.24) is 4.90 Å². The van der Waals surface area contributed by atoms with Crippen LogP contribution >= 0.6 is 11.6 Å². The van der Waals surface area contributed by atoms with Crippen molar-refractivity contribution in [2.45, 2.75) is 25.9 Å². The maximum atomic E-state index is 12.5. The smallest absolute Gasteiger partial charge is 0.333 e. The van der Waals surface area contributed by atoms with E-state index < -0.39 is 12.1 Å². The lowest BCUT2D eigenvalue weighted by atomic mass is 10.1. The molecule has 1 atom stereocenters. The van der Waals surface area contributed by atoms with Gasteiger partial charge in [-0.2, -0.15) is 0 Å². The van der Waals surface area contributed by atoms with Gasteiger partial charge in [0.1, 0.15) is 11.5 Å². The summed E-state index contributed by atoms with van der Waals surface area (Å²) in [6.45, 7) is 3.25. The molecule has 2 aromatic carbocycles. The van der Waals surface area contributed by atoms with Crippen LogP contribution in [0.4, 0.5) is 0 Å². The number of carboxylic acid groups (broad SMARTS) is 1. The lowest BCUT2D eigenvalue weighted by Gasteiger charge is -2.28. The Hall–Kier alpha value is -2.77. The molecule has 0 radical (unpaired) electrons. The summed E-state index contributed by atoms with van der Waals surface area (Å²) in [5.74, 6) is 0.136. The van der Waals surface area contributed by atoms with E-state index in [2.05, 4.69) is 0 Å². The van der Waals surface area contributed by atoms with Gasteiger partial charge in [-0.1, -0.05) is 23.7 Å². The van der Waals surface area contributed by atoms with Gasteiger partial charge in [-0.3, -0.25) is 4.79 Å². The third kappa shape index (κ3) is 5.64. The lowest BCUT2D eigenvalue weighted by molar-refractivity contribution is -0.149. The summed E-state index contributed by atoms with van der Waals surface area (Å²) in [5, 5.41) is 9.70. The number of fused-ring (bicyclic) bond motifs is 1. The van der Waals surface area contributed by atoms with Crippen molar-refractivity contribution >= 4 is 23.5 Å². The number of carboxylic acids is 1. The van der Waals surface area contributed by atoms with Crippen LogP contribution in [0.1, 0.15) is 29.3 Å². The third-order valence-electron chi connectivity index (χ3n) is 4.67. The zero-order chi connectivity index (χ0) is 21.5. The van der Waals surface area contributed by atoms with Crippen molar-refractivity contribution in [3.63, 3.8) is 0 Å². The number of hydrogen-bond acceptors (Lipinski definition) is 5. The van der Waals surface area contributed by atoms with Gasteiger partial charge in [-0.05, 0) is 49.2 Å². The van der Waals surface area contributed by atoms with Gasteiger partial charge in [-0.15, -0.1) is 0 Å². The first-order chi connectivity index (χ1) is 14.5. The Morgan fingerprint density at radius 2 is 2.03 bits per heavy atom. The fraction of sp³-hybridized carbons (Fsp3) is 0.364. The summed E-state index contributed by atoms with van der Waals surface area (Å²) >= 11 is 5.93. The largest absolute Gasteiger partial charge is 0.494 e. The van der Waals surface area contributed by atoms with Gasteiger partial charge in [0.15, 0.2) is 12.8 Å². The number of ether oxygens (including phenoxy) is 3. The molecule has 1 aliphatic rings. The second kappa shape index (κ2) is 10.3. The molecule has 160 valence electrons. The quantitative estimate of drug-likeness (QED) is 0.576. The van der Waals surface area contributed by atoms with Crippen molar-refractivity contribution in [3.8, 4) is 11.5 Å². The molecule has 0 aromatic heterocycles. The van der Waals surface area contributed by atoms with Crippen molar-refractivity contribution in [2.24, 2.45) is 0 Å². The number of halogens is 1. The maximum absolute atomic E-state index is 12.5. The van der Waals surface area contributed by atoms with Crippen LogP contribution in [-0.4, -0.2) is 54.5 Å². The first kappa shape index (κ1) is 21.9. The van der Waals surface area contributed by atoms with E-state index in [9.17, 15) is 9.59 Å². The predicted octanol–water partition coefficient (Wildman–Crippen LogP) is 3.63. The van der Waals surface area contributed by atoms with Crippen molar-refractivity contribution < 1.29 is 28.9 Å². The highest BCUT2D eigenvalue weighted by Gasteiger charge is 2.25. The van der Waals surface area contributed by atoms with Crippen molar-refractivity contribution in [3.05, 3.63) is 58.6 Å². The summed E-state index contributed by atoms with van der Waals surface area (Å²) in [4.78, 5) is 25.3. The molecular formula is C22H24ClNO6. The highest BCUT2D eigenvalue weighted by molar-refractivity contribution is 6.30. The van der Waals surface area contributed by atoms with E-state index >= 15 is 0 Å². The molecular weight excluding hydrogens is 410 g/mol. The fourth-order valence-corrected chi connectivity index (χ4v) is 3.30. The van der Waals surface area contributed by atoms with Crippen LogP contribution in [0.25, 0.3) is 0 Å². The first-order valence-electron chi connectivity index (χ1n) is 9.75. The average Bonchev–Trinajstić information content (AvgIpc) is 2.73. The summed E-state index contributed by atoms with van der Waals surface area (Å²) in [6, 6.07) is 12.2.